The number of nitrogens with zero attached hydrogens (tertiary/aromatic N) is 1. The summed E-state index contributed by atoms with van der Waals surface area (Å²) in [4.78, 5) is 4.29. The van der Waals surface area contributed by atoms with Gasteiger partial charge in [0.15, 0.2) is 0 Å². The molecule has 0 fully saturated rings. The van der Waals surface area contributed by atoms with Gasteiger partial charge in [0.25, 0.3) is 0 Å². The standard InChI is InChI=1S/C11H14N2/c1-9-11(3-2-6-13-9)10-4-7-12-8-5-10/h2-4,6,12H,5,7-8H2,1H3. The molecule has 68 valence electrons. The van der Waals surface area contributed by atoms with E-state index >= 15 is 0 Å². The third-order valence-electron chi connectivity index (χ3n) is 2.42. The first-order valence-electron chi connectivity index (χ1n) is 4.69. The first kappa shape index (κ1) is 8.45. The Hall–Kier alpha value is -1.15. The van der Waals surface area contributed by atoms with Crippen LogP contribution in [0.4, 0.5) is 0 Å². The molecule has 0 unspecified atom stereocenters. The highest BCUT2D eigenvalue weighted by Gasteiger charge is 2.07. The van der Waals surface area contributed by atoms with E-state index in [0.29, 0.717) is 0 Å². The number of hydrogen-bond acceptors (Lipinski definition) is 2. The molecule has 0 aromatic carbocycles. The summed E-state index contributed by atoms with van der Waals surface area (Å²) in [6, 6.07) is 4.16. The van der Waals surface area contributed by atoms with Crippen molar-refractivity contribution in [1.82, 2.24) is 10.3 Å². The molecule has 1 aromatic rings. The van der Waals surface area contributed by atoms with Crippen LogP contribution in [0.25, 0.3) is 5.57 Å². The molecule has 2 heteroatoms. The van der Waals surface area contributed by atoms with E-state index in [4.69, 9.17) is 0 Å². The lowest BCUT2D eigenvalue weighted by atomic mass is 9.99. The molecule has 1 N–H and O–H groups in total. The van der Waals surface area contributed by atoms with Gasteiger partial charge in [-0.15, -0.1) is 0 Å². The maximum atomic E-state index is 4.29. The SMILES string of the molecule is Cc1ncccc1C1=CCNCC1. The number of pyridine rings is 1. The number of hydrogen-bond donors (Lipinski definition) is 1. The number of aryl methyl sites for hydroxylation is 1. The number of nitrogens with one attached hydrogen (secondary N) is 1. The van der Waals surface area contributed by atoms with Crippen molar-refractivity contribution >= 4 is 5.57 Å². The molecular formula is C11H14N2. The lowest BCUT2D eigenvalue weighted by molar-refractivity contribution is 0.738. The van der Waals surface area contributed by atoms with Crippen molar-refractivity contribution in [2.24, 2.45) is 0 Å². The summed E-state index contributed by atoms with van der Waals surface area (Å²) in [6.07, 6.45) is 5.22. The maximum absolute atomic E-state index is 4.29. The Bertz CT molecular complexity index is 329. The minimum atomic E-state index is 0.990. The van der Waals surface area contributed by atoms with E-state index in [1.165, 1.54) is 11.1 Å². The zero-order valence-corrected chi connectivity index (χ0v) is 7.88. The molecule has 0 bridgehead atoms. The average Bonchev–Trinajstić information content (AvgIpc) is 2.20. The van der Waals surface area contributed by atoms with Gasteiger partial charge in [-0.3, -0.25) is 4.98 Å². The third kappa shape index (κ3) is 1.78. The van der Waals surface area contributed by atoms with Gasteiger partial charge in [-0.2, -0.15) is 0 Å². The van der Waals surface area contributed by atoms with Gasteiger partial charge >= 0.3 is 0 Å². The van der Waals surface area contributed by atoms with E-state index in [1.54, 1.807) is 0 Å². The lowest BCUT2D eigenvalue weighted by Crippen LogP contribution is -2.20. The van der Waals surface area contributed by atoms with Crippen molar-refractivity contribution in [3.05, 3.63) is 35.7 Å². The molecule has 0 radical (unpaired) electrons. The highest BCUT2D eigenvalue weighted by atomic mass is 14.8. The fourth-order valence-corrected chi connectivity index (χ4v) is 1.69. The first-order chi connectivity index (χ1) is 6.38. The Kier molecular flexibility index (Phi) is 2.41. The van der Waals surface area contributed by atoms with Crippen molar-refractivity contribution in [2.75, 3.05) is 13.1 Å². The topological polar surface area (TPSA) is 24.9 Å². The molecule has 0 saturated carbocycles. The lowest BCUT2D eigenvalue weighted by Gasteiger charge is -2.15. The van der Waals surface area contributed by atoms with Gasteiger partial charge in [0, 0.05) is 18.4 Å². The van der Waals surface area contributed by atoms with E-state index < -0.39 is 0 Å². The minimum Gasteiger partial charge on any atom is -0.313 e. The monoisotopic (exact) mass is 174 g/mol. The van der Waals surface area contributed by atoms with Crippen LogP contribution in [-0.4, -0.2) is 18.1 Å². The van der Waals surface area contributed by atoms with Crippen LogP contribution in [0.5, 0.6) is 0 Å². The summed E-state index contributed by atoms with van der Waals surface area (Å²) in [7, 11) is 0. The fourth-order valence-electron chi connectivity index (χ4n) is 1.69. The van der Waals surface area contributed by atoms with E-state index in [-0.39, 0.29) is 0 Å². The van der Waals surface area contributed by atoms with Crippen molar-refractivity contribution in [3.8, 4) is 0 Å². The minimum absolute atomic E-state index is 0.990. The highest BCUT2D eigenvalue weighted by molar-refractivity contribution is 5.67. The van der Waals surface area contributed by atoms with Crippen LogP contribution in [0.2, 0.25) is 0 Å². The molecule has 13 heavy (non-hydrogen) atoms. The van der Waals surface area contributed by atoms with Gasteiger partial charge in [-0.25, -0.2) is 0 Å². The Balaban J connectivity index is 2.34. The van der Waals surface area contributed by atoms with Crippen LogP contribution in [0, 0.1) is 6.92 Å². The quantitative estimate of drug-likeness (QED) is 0.701. The van der Waals surface area contributed by atoms with Crippen molar-refractivity contribution in [3.63, 3.8) is 0 Å². The summed E-state index contributed by atoms with van der Waals surface area (Å²) in [5, 5.41) is 3.31. The Morgan fingerprint density at radius 3 is 3.08 bits per heavy atom. The highest BCUT2D eigenvalue weighted by Crippen LogP contribution is 2.21. The van der Waals surface area contributed by atoms with Gasteiger partial charge in [-0.05, 0) is 37.1 Å². The molecule has 0 aliphatic carbocycles. The Labute approximate surface area is 78.7 Å². The predicted molar refractivity (Wildman–Crippen MR) is 54.4 cm³/mol. The number of rotatable bonds is 1. The Morgan fingerprint density at radius 1 is 1.46 bits per heavy atom. The summed E-state index contributed by atoms with van der Waals surface area (Å²) in [5.74, 6) is 0. The predicted octanol–water partition coefficient (Wildman–Crippen LogP) is 1.77. The largest absolute Gasteiger partial charge is 0.313 e. The second kappa shape index (κ2) is 3.71. The first-order valence-corrected chi connectivity index (χ1v) is 4.69. The van der Waals surface area contributed by atoms with E-state index in [1.807, 2.05) is 12.3 Å². The second-order valence-electron chi connectivity index (χ2n) is 3.32. The summed E-state index contributed by atoms with van der Waals surface area (Å²) in [5.41, 5.74) is 3.88. The summed E-state index contributed by atoms with van der Waals surface area (Å²) < 4.78 is 0. The van der Waals surface area contributed by atoms with Gasteiger partial charge in [0.05, 0.1) is 0 Å². The van der Waals surface area contributed by atoms with Gasteiger partial charge in [0.2, 0.25) is 0 Å². The van der Waals surface area contributed by atoms with Crippen LogP contribution in [0.15, 0.2) is 24.4 Å². The molecule has 1 aliphatic rings. The average molecular weight is 174 g/mol. The summed E-state index contributed by atoms with van der Waals surface area (Å²) >= 11 is 0. The van der Waals surface area contributed by atoms with Gasteiger partial charge in [-0.1, -0.05) is 12.1 Å². The normalized spacial score (nSPS) is 16.8. The molecule has 2 heterocycles. The molecule has 0 saturated heterocycles. The van der Waals surface area contributed by atoms with Crippen LogP contribution in [0.3, 0.4) is 0 Å². The van der Waals surface area contributed by atoms with Crippen LogP contribution < -0.4 is 5.32 Å². The third-order valence-corrected chi connectivity index (χ3v) is 2.42. The van der Waals surface area contributed by atoms with Crippen LogP contribution in [-0.2, 0) is 0 Å². The molecule has 0 spiro atoms. The molecule has 2 nitrogen and oxygen atoms in total. The van der Waals surface area contributed by atoms with Crippen LogP contribution in [0.1, 0.15) is 17.7 Å². The smallest absolute Gasteiger partial charge is 0.0447 e. The maximum Gasteiger partial charge on any atom is 0.0447 e. The molecule has 1 aromatic heterocycles. The zero-order chi connectivity index (χ0) is 9.10. The van der Waals surface area contributed by atoms with Gasteiger partial charge < -0.3 is 5.32 Å². The molecular weight excluding hydrogens is 160 g/mol. The second-order valence-corrected chi connectivity index (χ2v) is 3.32. The fraction of sp³-hybridized carbons (Fsp3) is 0.364. The molecule has 0 atom stereocenters. The molecule has 1 aliphatic heterocycles. The molecule has 0 amide bonds. The summed E-state index contributed by atoms with van der Waals surface area (Å²) in [6.45, 7) is 4.14. The van der Waals surface area contributed by atoms with Gasteiger partial charge in [0.1, 0.15) is 0 Å². The van der Waals surface area contributed by atoms with E-state index in [9.17, 15) is 0 Å². The number of aromatic nitrogens is 1. The van der Waals surface area contributed by atoms with Crippen molar-refractivity contribution in [2.45, 2.75) is 13.3 Å². The molecule has 2 rings (SSSR count). The Morgan fingerprint density at radius 2 is 2.38 bits per heavy atom. The van der Waals surface area contributed by atoms with Crippen molar-refractivity contribution in [1.29, 1.82) is 0 Å². The van der Waals surface area contributed by atoms with E-state index in [2.05, 4.69) is 29.4 Å². The van der Waals surface area contributed by atoms with Crippen LogP contribution >= 0.6 is 0 Å². The van der Waals surface area contributed by atoms with Crippen molar-refractivity contribution < 1.29 is 0 Å². The van der Waals surface area contributed by atoms with E-state index in [0.717, 1.165) is 25.2 Å². The zero-order valence-electron chi connectivity index (χ0n) is 7.88.